The minimum Gasteiger partial charge on any atom is -0.352 e. The lowest BCUT2D eigenvalue weighted by Crippen LogP contribution is -2.54. The average molecular weight is 560 g/mol. The summed E-state index contributed by atoms with van der Waals surface area (Å²) < 4.78 is 40.7. The second kappa shape index (κ2) is 12.9. The number of amides is 2. The van der Waals surface area contributed by atoms with E-state index in [4.69, 9.17) is 11.6 Å². The molecule has 0 aliphatic heterocycles. The van der Waals surface area contributed by atoms with E-state index < -0.39 is 40.2 Å². The molecule has 0 fully saturated rings. The Morgan fingerprint density at radius 1 is 0.947 bits per heavy atom. The van der Waals surface area contributed by atoms with Crippen LogP contribution in [0.2, 0.25) is 5.02 Å². The molecule has 3 aromatic rings. The van der Waals surface area contributed by atoms with Gasteiger partial charge in [0.1, 0.15) is 18.4 Å². The lowest BCUT2D eigenvalue weighted by molar-refractivity contribution is -0.140. The summed E-state index contributed by atoms with van der Waals surface area (Å²) in [6.45, 7) is 2.85. The van der Waals surface area contributed by atoms with Gasteiger partial charge in [0.2, 0.25) is 21.8 Å². The molecule has 0 radical (unpaired) electrons. The summed E-state index contributed by atoms with van der Waals surface area (Å²) in [5.74, 6) is -1.87. The van der Waals surface area contributed by atoms with Crippen molar-refractivity contribution in [3.8, 4) is 0 Å². The number of benzene rings is 3. The molecule has 7 nitrogen and oxygen atoms in total. The van der Waals surface area contributed by atoms with Crippen molar-refractivity contribution in [2.75, 3.05) is 17.1 Å². The zero-order valence-electron chi connectivity index (χ0n) is 21.5. The molecule has 0 spiro atoms. The molecular formula is C28H31ClFN3O4S. The summed E-state index contributed by atoms with van der Waals surface area (Å²) in [6, 6.07) is 20.2. The van der Waals surface area contributed by atoms with Crippen molar-refractivity contribution in [1.29, 1.82) is 0 Å². The van der Waals surface area contributed by atoms with Crippen LogP contribution in [0, 0.1) is 5.82 Å². The van der Waals surface area contributed by atoms with Gasteiger partial charge in [-0.25, -0.2) is 12.8 Å². The number of rotatable bonds is 11. The van der Waals surface area contributed by atoms with Crippen LogP contribution in [0.4, 0.5) is 10.1 Å². The van der Waals surface area contributed by atoms with Crippen molar-refractivity contribution in [1.82, 2.24) is 10.2 Å². The predicted molar refractivity (Wildman–Crippen MR) is 148 cm³/mol. The highest BCUT2D eigenvalue weighted by Crippen LogP contribution is 2.24. The third kappa shape index (κ3) is 7.79. The molecule has 0 bridgehead atoms. The van der Waals surface area contributed by atoms with E-state index in [-0.39, 0.29) is 24.7 Å². The molecule has 0 unspecified atom stereocenters. The Morgan fingerprint density at radius 3 is 2.16 bits per heavy atom. The molecule has 10 heteroatoms. The summed E-state index contributed by atoms with van der Waals surface area (Å²) in [5, 5.41) is 3.26. The van der Waals surface area contributed by atoms with Gasteiger partial charge in [-0.15, -0.1) is 0 Å². The van der Waals surface area contributed by atoms with Gasteiger partial charge in [-0.1, -0.05) is 72.3 Å². The van der Waals surface area contributed by atoms with Gasteiger partial charge >= 0.3 is 0 Å². The van der Waals surface area contributed by atoms with Crippen LogP contribution in [-0.4, -0.2) is 50.0 Å². The van der Waals surface area contributed by atoms with E-state index in [0.717, 1.165) is 17.9 Å². The molecule has 0 aliphatic rings. The van der Waals surface area contributed by atoms with Gasteiger partial charge < -0.3 is 10.2 Å². The van der Waals surface area contributed by atoms with E-state index in [0.29, 0.717) is 14.9 Å². The van der Waals surface area contributed by atoms with E-state index in [9.17, 15) is 22.4 Å². The highest BCUT2D eigenvalue weighted by Gasteiger charge is 2.34. The van der Waals surface area contributed by atoms with Crippen molar-refractivity contribution in [2.24, 2.45) is 0 Å². The fraction of sp³-hybridized carbons (Fsp3) is 0.286. The summed E-state index contributed by atoms with van der Waals surface area (Å²) in [4.78, 5) is 28.7. The van der Waals surface area contributed by atoms with Crippen LogP contribution in [0.3, 0.4) is 0 Å². The van der Waals surface area contributed by atoms with Crippen LogP contribution in [-0.2, 0) is 32.6 Å². The normalized spacial score (nSPS) is 12.2. The van der Waals surface area contributed by atoms with Gasteiger partial charge in [0.05, 0.1) is 11.9 Å². The first kappa shape index (κ1) is 29.1. The minimum absolute atomic E-state index is 0.0591. The number of nitrogens with zero attached hydrogens (tertiary/aromatic N) is 2. The topological polar surface area (TPSA) is 86.8 Å². The summed E-state index contributed by atoms with van der Waals surface area (Å²) in [5.41, 5.74) is 1.13. The summed E-state index contributed by atoms with van der Waals surface area (Å²) >= 11 is 6.40. The molecule has 3 rings (SSSR count). The van der Waals surface area contributed by atoms with Crippen molar-refractivity contribution in [3.63, 3.8) is 0 Å². The van der Waals surface area contributed by atoms with E-state index in [2.05, 4.69) is 5.32 Å². The van der Waals surface area contributed by atoms with Gasteiger partial charge in [-0.2, -0.15) is 0 Å². The van der Waals surface area contributed by atoms with Crippen molar-refractivity contribution < 1.29 is 22.4 Å². The zero-order chi connectivity index (χ0) is 27.9. The summed E-state index contributed by atoms with van der Waals surface area (Å²) in [6.07, 6.45) is 1.08. The smallest absolute Gasteiger partial charge is 0.244 e. The Bertz CT molecular complexity index is 1370. The summed E-state index contributed by atoms with van der Waals surface area (Å²) in [7, 11) is -4.05. The number of carbonyl (C=O) groups excluding carboxylic acids is 2. The molecule has 3 aromatic carbocycles. The zero-order valence-corrected chi connectivity index (χ0v) is 23.0. The van der Waals surface area contributed by atoms with Crippen LogP contribution >= 0.6 is 11.6 Å². The fourth-order valence-electron chi connectivity index (χ4n) is 3.99. The Hall–Kier alpha value is -3.43. The number of anilines is 1. The first-order valence-corrected chi connectivity index (χ1v) is 14.3. The van der Waals surface area contributed by atoms with Gasteiger partial charge in [0.25, 0.3) is 0 Å². The van der Waals surface area contributed by atoms with Crippen LogP contribution in [0.5, 0.6) is 0 Å². The Balaban J connectivity index is 2.08. The quantitative estimate of drug-likeness (QED) is 0.377. The Morgan fingerprint density at radius 2 is 1.55 bits per heavy atom. The predicted octanol–water partition coefficient (Wildman–Crippen LogP) is 4.41. The van der Waals surface area contributed by atoms with Crippen molar-refractivity contribution in [3.05, 3.63) is 101 Å². The maximum Gasteiger partial charge on any atom is 0.244 e. The molecule has 0 aromatic heterocycles. The van der Waals surface area contributed by atoms with Crippen LogP contribution in [0.25, 0.3) is 0 Å². The largest absolute Gasteiger partial charge is 0.352 e. The second-order valence-electron chi connectivity index (χ2n) is 9.20. The van der Waals surface area contributed by atoms with E-state index in [1.165, 1.54) is 23.1 Å². The molecule has 0 heterocycles. The van der Waals surface area contributed by atoms with E-state index >= 15 is 0 Å². The molecule has 202 valence electrons. The number of hydrogen-bond donors (Lipinski definition) is 1. The highest BCUT2D eigenvalue weighted by molar-refractivity contribution is 7.92. The number of nitrogens with one attached hydrogen (secondary N) is 1. The monoisotopic (exact) mass is 559 g/mol. The average Bonchev–Trinajstić information content (AvgIpc) is 2.85. The molecule has 2 amide bonds. The molecular weight excluding hydrogens is 529 g/mol. The molecule has 38 heavy (non-hydrogen) atoms. The number of halogens is 2. The lowest BCUT2D eigenvalue weighted by atomic mass is 10.0. The van der Waals surface area contributed by atoms with Crippen LogP contribution < -0.4 is 9.62 Å². The highest BCUT2D eigenvalue weighted by atomic mass is 35.5. The second-order valence-corrected chi connectivity index (χ2v) is 11.5. The third-order valence-electron chi connectivity index (χ3n) is 5.80. The van der Waals surface area contributed by atoms with Gasteiger partial charge in [0.15, 0.2) is 0 Å². The van der Waals surface area contributed by atoms with Crippen molar-refractivity contribution in [2.45, 2.75) is 38.9 Å². The molecule has 1 atom stereocenters. The van der Waals surface area contributed by atoms with E-state index in [1.54, 1.807) is 38.1 Å². The third-order valence-corrected chi connectivity index (χ3v) is 7.30. The van der Waals surface area contributed by atoms with Gasteiger partial charge in [0, 0.05) is 24.0 Å². The Labute approximate surface area is 228 Å². The maximum absolute atomic E-state index is 14.6. The SMILES string of the molecule is CC(C)NC(=O)[C@@H](Cc1ccccc1)N(Cc1ccccc1Cl)C(=O)CN(c1ccccc1F)S(C)(=O)=O. The van der Waals surface area contributed by atoms with E-state index in [1.807, 2.05) is 30.3 Å². The van der Waals surface area contributed by atoms with Crippen molar-refractivity contribution >= 4 is 39.1 Å². The first-order valence-electron chi connectivity index (χ1n) is 12.1. The number of para-hydroxylation sites is 1. The first-order chi connectivity index (χ1) is 18.0. The Kier molecular flexibility index (Phi) is 9.88. The lowest BCUT2D eigenvalue weighted by Gasteiger charge is -2.34. The number of hydrogen-bond acceptors (Lipinski definition) is 4. The molecule has 0 saturated carbocycles. The van der Waals surface area contributed by atoms with Gasteiger partial charge in [-0.3, -0.25) is 13.9 Å². The van der Waals surface area contributed by atoms with Gasteiger partial charge in [-0.05, 0) is 43.2 Å². The molecule has 0 saturated heterocycles. The van der Waals surface area contributed by atoms with Crippen LogP contribution in [0.15, 0.2) is 78.9 Å². The maximum atomic E-state index is 14.6. The standard InChI is InChI=1S/C28H31ClFN3O4S/c1-20(2)31-28(35)26(17-21-11-5-4-6-12-21)32(18-22-13-7-8-14-23(22)29)27(34)19-33(38(3,36)37)25-16-10-9-15-24(25)30/h4-16,20,26H,17-19H2,1-3H3,(H,31,35)/t26-/m1/s1. The minimum atomic E-state index is -4.05. The van der Waals surface area contributed by atoms with Crippen LogP contribution in [0.1, 0.15) is 25.0 Å². The number of carbonyl (C=O) groups is 2. The molecule has 1 N–H and O–H groups in total. The number of sulfonamides is 1. The fourth-order valence-corrected chi connectivity index (χ4v) is 5.04. The molecule has 0 aliphatic carbocycles.